The van der Waals surface area contributed by atoms with Gasteiger partial charge in [0.25, 0.3) is 5.91 Å². The van der Waals surface area contributed by atoms with Crippen molar-refractivity contribution in [3.8, 4) is 0 Å². The van der Waals surface area contributed by atoms with Crippen LogP contribution in [0.1, 0.15) is 27.0 Å². The van der Waals surface area contributed by atoms with Crippen molar-refractivity contribution in [1.82, 2.24) is 10.6 Å². The van der Waals surface area contributed by atoms with E-state index in [1.165, 1.54) is 17.4 Å². The van der Waals surface area contributed by atoms with Crippen LogP contribution in [0.5, 0.6) is 0 Å². The molecule has 1 aromatic heterocycles. The van der Waals surface area contributed by atoms with Crippen LogP contribution in [-0.2, 0) is 0 Å². The molecule has 1 heterocycles. The number of rotatable bonds is 5. The zero-order valence-corrected chi connectivity index (χ0v) is 10.1. The van der Waals surface area contributed by atoms with Gasteiger partial charge in [-0.05, 0) is 20.0 Å². The number of nitrogens with two attached hydrogens (primary N) is 1. The first kappa shape index (κ1) is 12.7. The zero-order chi connectivity index (χ0) is 12.1. The lowest BCUT2D eigenvalue weighted by Crippen LogP contribution is -2.36. The van der Waals surface area contributed by atoms with Crippen LogP contribution in [0.15, 0.2) is 11.4 Å². The molecule has 1 atom stereocenters. The number of hydrogen-bond donors (Lipinski definition) is 3. The van der Waals surface area contributed by atoms with Crippen LogP contribution in [0, 0.1) is 0 Å². The maximum absolute atomic E-state index is 11.6. The van der Waals surface area contributed by atoms with E-state index >= 15 is 0 Å². The van der Waals surface area contributed by atoms with E-state index in [9.17, 15) is 9.59 Å². The third-order valence-corrected chi connectivity index (χ3v) is 3.10. The fourth-order valence-electron chi connectivity index (χ4n) is 1.02. The molecule has 0 bridgehead atoms. The average Bonchev–Trinajstić information content (AvgIpc) is 2.74. The predicted octanol–water partition coefficient (Wildman–Crippen LogP) is 0.185. The highest BCUT2D eigenvalue weighted by Gasteiger charge is 2.11. The van der Waals surface area contributed by atoms with Crippen molar-refractivity contribution in [3.63, 3.8) is 0 Å². The van der Waals surface area contributed by atoms with Crippen LogP contribution in [0.3, 0.4) is 0 Å². The summed E-state index contributed by atoms with van der Waals surface area (Å²) in [5.74, 6) is -0.696. The fraction of sp³-hybridized carbons (Fsp3) is 0.400. The molecule has 1 rings (SSSR count). The number of thiophene rings is 1. The molecule has 16 heavy (non-hydrogen) atoms. The normalized spacial score (nSPS) is 12.1. The minimum Gasteiger partial charge on any atom is -0.366 e. The molecule has 0 aliphatic carbocycles. The van der Waals surface area contributed by atoms with Crippen molar-refractivity contribution in [2.24, 2.45) is 5.73 Å². The molecule has 0 saturated carbocycles. The van der Waals surface area contributed by atoms with Crippen molar-refractivity contribution in [2.45, 2.75) is 13.0 Å². The second-order valence-corrected chi connectivity index (χ2v) is 4.37. The molecule has 5 nitrogen and oxygen atoms in total. The van der Waals surface area contributed by atoms with E-state index in [-0.39, 0.29) is 11.9 Å². The quantitative estimate of drug-likeness (QED) is 0.687. The maximum atomic E-state index is 11.6. The Balaban J connectivity index is 2.56. The number of hydrogen-bond acceptors (Lipinski definition) is 4. The van der Waals surface area contributed by atoms with E-state index in [0.29, 0.717) is 17.0 Å². The van der Waals surface area contributed by atoms with Crippen molar-refractivity contribution < 1.29 is 9.59 Å². The number of likely N-dealkylation sites (N-methyl/N-ethyl adjacent to an activating group) is 1. The molecule has 2 amide bonds. The van der Waals surface area contributed by atoms with Gasteiger partial charge in [0.2, 0.25) is 5.91 Å². The fourth-order valence-corrected chi connectivity index (χ4v) is 1.83. The van der Waals surface area contributed by atoms with Crippen molar-refractivity contribution >= 4 is 23.2 Å². The molecule has 88 valence electrons. The Bertz CT molecular complexity index is 389. The summed E-state index contributed by atoms with van der Waals surface area (Å²) in [6, 6.07) is 1.71. The van der Waals surface area contributed by atoms with Crippen molar-refractivity contribution in [1.29, 1.82) is 0 Å². The standard InChI is InChI=1S/C10H15N3O2S/c1-6(12-2)4-13-10(15)8-3-7(5-16-8)9(11)14/h3,5-6,12H,4H2,1-2H3,(H2,11,14)(H,13,15). The summed E-state index contributed by atoms with van der Waals surface area (Å²) in [4.78, 5) is 23.0. The lowest BCUT2D eigenvalue weighted by molar-refractivity contribution is 0.0954. The van der Waals surface area contributed by atoms with Gasteiger partial charge in [-0.25, -0.2) is 0 Å². The molecule has 0 aliphatic heterocycles. The minimum absolute atomic E-state index is 0.181. The average molecular weight is 241 g/mol. The lowest BCUT2D eigenvalue weighted by atomic mass is 10.3. The molecule has 4 N–H and O–H groups in total. The molecule has 6 heteroatoms. The number of nitrogens with one attached hydrogen (secondary N) is 2. The van der Waals surface area contributed by atoms with Gasteiger partial charge in [-0.1, -0.05) is 0 Å². The Morgan fingerprint density at radius 1 is 1.56 bits per heavy atom. The largest absolute Gasteiger partial charge is 0.366 e. The first-order chi connectivity index (χ1) is 7.54. The summed E-state index contributed by atoms with van der Waals surface area (Å²) < 4.78 is 0. The van der Waals surface area contributed by atoms with Gasteiger partial charge in [-0.2, -0.15) is 0 Å². The molecule has 0 radical (unpaired) electrons. The first-order valence-electron chi connectivity index (χ1n) is 4.88. The third-order valence-electron chi connectivity index (χ3n) is 2.17. The number of amides is 2. The number of carbonyl (C=O) groups excluding carboxylic acids is 2. The molecular weight excluding hydrogens is 226 g/mol. The highest BCUT2D eigenvalue weighted by Crippen LogP contribution is 2.13. The van der Waals surface area contributed by atoms with Gasteiger partial charge in [-0.15, -0.1) is 11.3 Å². The first-order valence-corrected chi connectivity index (χ1v) is 5.76. The van der Waals surface area contributed by atoms with Crippen LogP contribution in [-0.4, -0.2) is 31.4 Å². The molecule has 0 aromatic carbocycles. The van der Waals surface area contributed by atoms with Gasteiger partial charge in [0.1, 0.15) is 0 Å². The second-order valence-electron chi connectivity index (χ2n) is 3.46. The van der Waals surface area contributed by atoms with E-state index in [2.05, 4.69) is 10.6 Å². The number of carbonyl (C=O) groups is 2. The van der Waals surface area contributed by atoms with E-state index in [1.54, 1.807) is 5.38 Å². The van der Waals surface area contributed by atoms with E-state index in [4.69, 9.17) is 5.73 Å². The van der Waals surface area contributed by atoms with Crippen molar-refractivity contribution in [3.05, 3.63) is 21.9 Å². The van der Waals surface area contributed by atoms with Crippen LogP contribution < -0.4 is 16.4 Å². The molecule has 1 aromatic rings. The van der Waals surface area contributed by atoms with E-state index in [0.717, 1.165) is 0 Å². The summed E-state index contributed by atoms with van der Waals surface area (Å²) in [5, 5.41) is 7.35. The highest BCUT2D eigenvalue weighted by molar-refractivity contribution is 7.12. The molecule has 0 saturated heterocycles. The molecule has 1 unspecified atom stereocenters. The maximum Gasteiger partial charge on any atom is 0.261 e. The van der Waals surface area contributed by atoms with Gasteiger partial charge in [0.15, 0.2) is 0 Å². The van der Waals surface area contributed by atoms with Crippen LogP contribution in [0.4, 0.5) is 0 Å². The van der Waals surface area contributed by atoms with Gasteiger partial charge < -0.3 is 16.4 Å². The summed E-state index contributed by atoms with van der Waals surface area (Å²) in [5.41, 5.74) is 5.47. The van der Waals surface area contributed by atoms with Crippen LogP contribution in [0.25, 0.3) is 0 Å². The molecule has 0 spiro atoms. The summed E-state index contributed by atoms with van der Waals surface area (Å²) >= 11 is 1.21. The number of primary amides is 1. The topological polar surface area (TPSA) is 84.2 Å². The Kier molecular flexibility index (Phi) is 4.45. The van der Waals surface area contributed by atoms with Crippen LogP contribution >= 0.6 is 11.3 Å². The van der Waals surface area contributed by atoms with Crippen molar-refractivity contribution in [2.75, 3.05) is 13.6 Å². The predicted molar refractivity (Wildman–Crippen MR) is 63.7 cm³/mol. The second kappa shape index (κ2) is 5.62. The van der Waals surface area contributed by atoms with E-state index < -0.39 is 5.91 Å². The van der Waals surface area contributed by atoms with Gasteiger partial charge in [0.05, 0.1) is 10.4 Å². The highest BCUT2D eigenvalue weighted by atomic mass is 32.1. The van der Waals surface area contributed by atoms with Gasteiger partial charge >= 0.3 is 0 Å². The summed E-state index contributed by atoms with van der Waals surface area (Å²) in [7, 11) is 1.83. The molecular formula is C10H15N3O2S. The Labute approximate surface area is 98.0 Å². The Morgan fingerprint density at radius 2 is 2.25 bits per heavy atom. The smallest absolute Gasteiger partial charge is 0.261 e. The Morgan fingerprint density at radius 3 is 2.75 bits per heavy atom. The lowest BCUT2D eigenvalue weighted by Gasteiger charge is -2.10. The van der Waals surface area contributed by atoms with Crippen LogP contribution in [0.2, 0.25) is 0 Å². The van der Waals surface area contributed by atoms with Gasteiger partial charge in [0, 0.05) is 18.0 Å². The summed E-state index contributed by atoms with van der Waals surface area (Å²) in [6.45, 7) is 2.50. The minimum atomic E-state index is -0.515. The zero-order valence-electron chi connectivity index (χ0n) is 9.24. The van der Waals surface area contributed by atoms with E-state index in [1.807, 2.05) is 14.0 Å². The van der Waals surface area contributed by atoms with Gasteiger partial charge in [-0.3, -0.25) is 9.59 Å². The molecule has 0 aliphatic rings. The Hall–Kier alpha value is -1.40. The monoisotopic (exact) mass is 241 g/mol. The summed E-state index contributed by atoms with van der Waals surface area (Å²) in [6.07, 6.45) is 0. The SMILES string of the molecule is CNC(C)CNC(=O)c1cc(C(N)=O)cs1. The molecule has 0 fully saturated rings. The third kappa shape index (κ3) is 3.32.